The summed E-state index contributed by atoms with van der Waals surface area (Å²) in [6, 6.07) is 22.7. The summed E-state index contributed by atoms with van der Waals surface area (Å²) in [5, 5.41) is 8.83. The highest BCUT2D eigenvalue weighted by atomic mass is 32.1. The van der Waals surface area contributed by atoms with Gasteiger partial charge in [-0.2, -0.15) is 0 Å². The number of rotatable bonds is 11. The Morgan fingerprint density at radius 2 is 1.65 bits per heavy atom. The Morgan fingerprint density at radius 1 is 0.892 bits per heavy atom. The SMILES string of the molecule is CCCCCCCOc1ccc(-c2ncc(-c3ccc(C(=O)On4nnc5ccccc54)cc3)s2)cc1. The zero-order chi connectivity index (χ0) is 25.5. The first kappa shape index (κ1) is 24.6. The molecule has 0 unspecified atom stereocenters. The van der Waals surface area contributed by atoms with Crippen molar-refractivity contribution >= 4 is 28.3 Å². The topological polar surface area (TPSA) is 79.1 Å². The predicted molar refractivity (Wildman–Crippen MR) is 146 cm³/mol. The lowest BCUT2D eigenvalue weighted by Gasteiger charge is -2.06. The number of thiazole rings is 1. The van der Waals surface area contributed by atoms with Gasteiger partial charge in [-0.1, -0.05) is 61.7 Å². The first-order chi connectivity index (χ1) is 18.2. The Kier molecular flexibility index (Phi) is 7.86. The van der Waals surface area contributed by atoms with Gasteiger partial charge in [-0.25, -0.2) is 9.78 Å². The van der Waals surface area contributed by atoms with Crippen LogP contribution in [0.15, 0.2) is 79.0 Å². The number of nitrogens with zero attached hydrogens (tertiary/aromatic N) is 4. The molecule has 5 aromatic rings. The Morgan fingerprint density at radius 3 is 2.46 bits per heavy atom. The van der Waals surface area contributed by atoms with Gasteiger partial charge in [-0.05, 0) is 65.7 Å². The minimum Gasteiger partial charge on any atom is -0.494 e. The largest absolute Gasteiger partial charge is 0.494 e. The third kappa shape index (κ3) is 6.03. The van der Waals surface area contributed by atoms with Crippen LogP contribution in [0.2, 0.25) is 0 Å². The summed E-state index contributed by atoms with van der Waals surface area (Å²) in [5.74, 6) is 0.382. The van der Waals surface area contributed by atoms with Crippen molar-refractivity contribution in [2.24, 2.45) is 0 Å². The minimum absolute atomic E-state index is 0.425. The van der Waals surface area contributed by atoms with E-state index in [1.807, 2.05) is 60.8 Å². The van der Waals surface area contributed by atoms with Crippen molar-refractivity contribution in [2.45, 2.75) is 39.0 Å². The second-order valence-corrected chi connectivity index (χ2v) is 9.75. The molecule has 0 bridgehead atoms. The van der Waals surface area contributed by atoms with E-state index in [9.17, 15) is 4.79 Å². The van der Waals surface area contributed by atoms with Crippen LogP contribution in [-0.4, -0.2) is 32.7 Å². The zero-order valence-corrected chi connectivity index (χ0v) is 21.5. The van der Waals surface area contributed by atoms with Gasteiger partial charge in [-0.15, -0.1) is 16.4 Å². The highest BCUT2D eigenvalue weighted by molar-refractivity contribution is 7.18. The highest BCUT2D eigenvalue weighted by Gasteiger charge is 2.13. The molecule has 5 rings (SSSR count). The number of carbonyl (C=O) groups excluding carboxylic acids is 1. The fourth-order valence-corrected chi connectivity index (χ4v) is 4.87. The van der Waals surface area contributed by atoms with Gasteiger partial charge in [0.2, 0.25) is 0 Å². The van der Waals surface area contributed by atoms with Crippen LogP contribution in [0.4, 0.5) is 0 Å². The van der Waals surface area contributed by atoms with E-state index in [-0.39, 0.29) is 0 Å². The monoisotopic (exact) mass is 512 g/mol. The molecule has 0 fully saturated rings. The number of benzene rings is 3. The molecule has 0 N–H and O–H groups in total. The van der Waals surface area contributed by atoms with Crippen molar-refractivity contribution in [3.8, 4) is 26.8 Å². The molecule has 8 heteroatoms. The first-order valence-electron chi connectivity index (χ1n) is 12.5. The Hall–Kier alpha value is -4.04. The Labute approximate surface area is 219 Å². The van der Waals surface area contributed by atoms with E-state index in [1.54, 1.807) is 29.5 Å². The van der Waals surface area contributed by atoms with Crippen molar-refractivity contribution in [2.75, 3.05) is 6.61 Å². The number of unbranched alkanes of at least 4 members (excludes halogenated alkanes) is 4. The van der Waals surface area contributed by atoms with Gasteiger partial charge in [-0.3, -0.25) is 0 Å². The van der Waals surface area contributed by atoms with Gasteiger partial charge >= 0.3 is 5.97 Å². The van der Waals surface area contributed by atoms with E-state index in [2.05, 4.69) is 22.2 Å². The summed E-state index contributed by atoms with van der Waals surface area (Å²) in [7, 11) is 0. The fourth-order valence-electron chi connectivity index (χ4n) is 3.95. The summed E-state index contributed by atoms with van der Waals surface area (Å²) in [6.07, 6.45) is 7.99. The molecule has 0 saturated heterocycles. The molecule has 0 aliphatic rings. The summed E-state index contributed by atoms with van der Waals surface area (Å²) in [6.45, 7) is 2.98. The lowest BCUT2D eigenvalue weighted by atomic mass is 10.1. The first-order valence-corrected chi connectivity index (χ1v) is 13.4. The molecule has 7 nitrogen and oxygen atoms in total. The lowest BCUT2D eigenvalue weighted by Crippen LogP contribution is -2.20. The maximum absolute atomic E-state index is 12.6. The lowest BCUT2D eigenvalue weighted by molar-refractivity contribution is 0.0409. The van der Waals surface area contributed by atoms with Crippen molar-refractivity contribution < 1.29 is 14.4 Å². The van der Waals surface area contributed by atoms with Gasteiger partial charge in [0.1, 0.15) is 21.8 Å². The molecular weight excluding hydrogens is 484 g/mol. The highest BCUT2D eigenvalue weighted by Crippen LogP contribution is 2.33. The molecule has 37 heavy (non-hydrogen) atoms. The smallest absolute Gasteiger partial charge is 0.365 e. The molecule has 2 aromatic heterocycles. The van der Waals surface area contributed by atoms with Crippen LogP contribution < -0.4 is 9.57 Å². The Balaban J connectivity index is 1.18. The average molecular weight is 513 g/mol. The van der Waals surface area contributed by atoms with Crippen LogP contribution in [0, 0.1) is 0 Å². The molecule has 2 heterocycles. The zero-order valence-electron chi connectivity index (χ0n) is 20.7. The standard InChI is InChI=1S/C29H28N4O3S/c1-2-3-4-5-8-19-35-24-17-15-22(16-18-24)28-30-20-27(37-28)21-11-13-23(14-12-21)29(34)36-33-26-10-7-6-9-25(26)31-32-33/h6-7,9-18,20H,2-5,8,19H2,1H3. The second-order valence-electron chi connectivity index (χ2n) is 8.72. The van der Waals surface area contributed by atoms with E-state index in [0.29, 0.717) is 16.6 Å². The van der Waals surface area contributed by atoms with Crippen molar-refractivity contribution in [1.82, 2.24) is 20.1 Å². The molecule has 3 aromatic carbocycles. The number of carbonyl (C=O) groups is 1. The summed E-state index contributed by atoms with van der Waals surface area (Å²) in [4.78, 5) is 24.8. The number of hydrogen-bond donors (Lipinski definition) is 0. The summed E-state index contributed by atoms with van der Waals surface area (Å²) in [5.41, 5.74) is 3.74. The average Bonchev–Trinajstić information content (AvgIpc) is 3.59. The van der Waals surface area contributed by atoms with Gasteiger partial charge in [0.05, 0.1) is 17.0 Å². The van der Waals surface area contributed by atoms with Crippen LogP contribution in [0.1, 0.15) is 49.4 Å². The van der Waals surface area contributed by atoms with Crippen LogP contribution in [-0.2, 0) is 0 Å². The van der Waals surface area contributed by atoms with Crippen molar-refractivity contribution in [1.29, 1.82) is 0 Å². The van der Waals surface area contributed by atoms with Gasteiger partial charge in [0.15, 0.2) is 0 Å². The minimum atomic E-state index is -0.504. The number of aromatic nitrogens is 4. The third-order valence-corrected chi connectivity index (χ3v) is 7.12. The second kappa shape index (κ2) is 11.8. The van der Waals surface area contributed by atoms with Gasteiger partial charge in [0.25, 0.3) is 0 Å². The number of hydrogen-bond acceptors (Lipinski definition) is 7. The Bertz CT molecular complexity index is 1460. The van der Waals surface area contributed by atoms with Crippen LogP contribution in [0.3, 0.4) is 0 Å². The maximum atomic E-state index is 12.6. The molecular formula is C29H28N4O3S. The molecule has 0 spiro atoms. The summed E-state index contributed by atoms with van der Waals surface area (Å²) < 4.78 is 5.87. The van der Waals surface area contributed by atoms with E-state index < -0.39 is 5.97 Å². The van der Waals surface area contributed by atoms with E-state index in [0.717, 1.165) is 44.6 Å². The molecule has 0 amide bonds. The number of para-hydroxylation sites is 1. The van der Waals surface area contributed by atoms with E-state index >= 15 is 0 Å². The molecule has 0 aliphatic heterocycles. The van der Waals surface area contributed by atoms with Gasteiger partial charge < -0.3 is 9.57 Å². The molecule has 0 aliphatic carbocycles. The van der Waals surface area contributed by atoms with Gasteiger partial charge in [0, 0.05) is 11.8 Å². The van der Waals surface area contributed by atoms with Crippen LogP contribution in [0.25, 0.3) is 32.0 Å². The van der Waals surface area contributed by atoms with E-state index in [1.165, 1.54) is 25.7 Å². The molecule has 0 atom stereocenters. The number of ether oxygens (including phenoxy) is 1. The third-order valence-electron chi connectivity index (χ3n) is 6.02. The molecule has 188 valence electrons. The van der Waals surface area contributed by atoms with Crippen molar-refractivity contribution in [3.05, 3.63) is 84.6 Å². The maximum Gasteiger partial charge on any atom is 0.365 e. The molecule has 0 saturated carbocycles. The van der Waals surface area contributed by atoms with E-state index in [4.69, 9.17) is 9.57 Å². The summed E-state index contributed by atoms with van der Waals surface area (Å²) >= 11 is 1.60. The fraction of sp³-hybridized carbons (Fsp3) is 0.241. The molecule has 0 radical (unpaired) electrons. The predicted octanol–water partition coefficient (Wildman–Crippen LogP) is 6.84. The normalized spacial score (nSPS) is 11.1. The van der Waals surface area contributed by atoms with Crippen molar-refractivity contribution in [3.63, 3.8) is 0 Å². The quantitative estimate of drug-likeness (QED) is 0.142. The van der Waals surface area contributed by atoms with Crippen LogP contribution in [0.5, 0.6) is 5.75 Å². The van der Waals surface area contributed by atoms with Crippen LogP contribution >= 0.6 is 11.3 Å². The number of fused-ring (bicyclic) bond motifs is 1.